The molecule has 21 heavy (non-hydrogen) atoms. The van der Waals surface area contributed by atoms with Gasteiger partial charge in [-0.15, -0.1) is 0 Å². The van der Waals surface area contributed by atoms with Crippen molar-refractivity contribution in [3.05, 3.63) is 28.6 Å². The topological polar surface area (TPSA) is 87.0 Å². The Morgan fingerprint density at radius 1 is 1.43 bits per heavy atom. The lowest BCUT2D eigenvalue weighted by molar-refractivity contribution is 0.273. The number of nitrogens with two attached hydrogens (primary N) is 1. The Hall–Kier alpha value is -2.08. The first kappa shape index (κ1) is 15.3. The third kappa shape index (κ3) is 3.95. The van der Waals surface area contributed by atoms with E-state index in [9.17, 15) is 4.79 Å². The third-order valence-electron chi connectivity index (χ3n) is 3.59. The van der Waals surface area contributed by atoms with Crippen LogP contribution >= 0.6 is 0 Å². The second kappa shape index (κ2) is 6.58. The summed E-state index contributed by atoms with van der Waals surface area (Å²) in [6.45, 7) is 6.10. The molecular formula is C15H23N5O. The van der Waals surface area contributed by atoms with E-state index in [2.05, 4.69) is 41.1 Å². The van der Waals surface area contributed by atoms with E-state index in [4.69, 9.17) is 5.73 Å². The summed E-state index contributed by atoms with van der Waals surface area (Å²) in [6.07, 6.45) is 0.984. The van der Waals surface area contributed by atoms with Crippen molar-refractivity contribution in [3.8, 4) is 0 Å². The van der Waals surface area contributed by atoms with E-state index in [1.54, 1.807) is 18.2 Å². The van der Waals surface area contributed by atoms with Crippen molar-refractivity contribution in [2.24, 2.45) is 0 Å². The van der Waals surface area contributed by atoms with Gasteiger partial charge in [0, 0.05) is 18.3 Å². The molecular weight excluding hydrogens is 266 g/mol. The van der Waals surface area contributed by atoms with E-state index in [0.29, 0.717) is 28.6 Å². The highest BCUT2D eigenvalue weighted by Gasteiger charge is 2.05. The van der Waals surface area contributed by atoms with Gasteiger partial charge in [0.15, 0.2) is 0 Å². The number of hydrogen-bond donors (Lipinski definition) is 3. The van der Waals surface area contributed by atoms with E-state index in [1.807, 2.05) is 0 Å². The molecule has 114 valence electrons. The van der Waals surface area contributed by atoms with Gasteiger partial charge >= 0.3 is 0 Å². The normalized spacial score (nSPS) is 11.5. The number of hydrogen-bond acceptors (Lipinski definition) is 5. The predicted octanol–water partition coefficient (Wildman–Crippen LogP) is 1.65. The molecule has 0 aliphatic rings. The van der Waals surface area contributed by atoms with Gasteiger partial charge in [0.2, 0.25) is 5.95 Å². The Morgan fingerprint density at radius 3 is 2.90 bits per heavy atom. The second-order valence-electron chi connectivity index (χ2n) is 5.55. The molecule has 0 aliphatic heterocycles. The number of H-pyrrole nitrogens is 1. The Balaban J connectivity index is 2.00. The molecule has 0 aliphatic carbocycles. The summed E-state index contributed by atoms with van der Waals surface area (Å²) in [6, 6.07) is 5.69. The fourth-order valence-electron chi connectivity index (χ4n) is 2.03. The molecule has 0 bridgehead atoms. The lowest BCUT2D eigenvalue weighted by Crippen LogP contribution is -2.28. The zero-order valence-electron chi connectivity index (χ0n) is 12.8. The number of nitrogens with one attached hydrogen (secondary N) is 2. The molecule has 0 amide bonds. The van der Waals surface area contributed by atoms with Gasteiger partial charge in [-0.25, -0.2) is 4.98 Å². The highest BCUT2D eigenvalue weighted by molar-refractivity contribution is 5.81. The average molecular weight is 289 g/mol. The Bertz CT molecular complexity index is 665. The fraction of sp³-hybridized carbons (Fsp3) is 0.467. The summed E-state index contributed by atoms with van der Waals surface area (Å²) in [7, 11) is 2.10. The van der Waals surface area contributed by atoms with Crippen molar-refractivity contribution in [1.29, 1.82) is 0 Å². The van der Waals surface area contributed by atoms with E-state index in [-0.39, 0.29) is 5.56 Å². The Labute approximate surface area is 124 Å². The van der Waals surface area contributed by atoms with Crippen LogP contribution in [0.25, 0.3) is 10.9 Å². The van der Waals surface area contributed by atoms with Crippen LogP contribution in [0, 0.1) is 0 Å². The molecule has 0 saturated carbocycles. The molecule has 2 rings (SSSR count). The van der Waals surface area contributed by atoms with Gasteiger partial charge < -0.3 is 16.0 Å². The van der Waals surface area contributed by atoms with Gasteiger partial charge in [-0.2, -0.15) is 0 Å². The maximum atomic E-state index is 12.0. The lowest BCUT2D eigenvalue weighted by atomic mass is 10.2. The van der Waals surface area contributed by atoms with Crippen molar-refractivity contribution in [2.45, 2.75) is 26.3 Å². The van der Waals surface area contributed by atoms with Gasteiger partial charge in [0.05, 0.1) is 10.9 Å². The maximum absolute atomic E-state index is 12.0. The molecule has 0 spiro atoms. The highest BCUT2D eigenvalue weighted by atomic mass is 16.1. The van der Waals surface area contributed by atoms with Crippen LogP contribution < -0.4 is 16.6 Å². The first-order valence-electron chi connectivity index (χ1n) is 7.21. The number of rotatable bonds is 6. The number of anilines is 2. The molecule has 1 heterocycles. The summed E-state index contributed by atoms with van der Waals surface area (Å²) in [4.78, 5) is 21.4. The van der Waals surface area contributed by atoms with E-state index >= 15 is 0 Å². The van der Waals surface area contributed by atoms with Crippen LogP contribution in [-0.2, 0) is 0 Å². The van der Waals surface area contributed by atoms with Crippen molar-refractivity contribution in [1.82, 2.24) is 14.9 Å². The zero-order valence-corrected chi connectivity index (χ0v) is 12.8. The summed E-state index contributed by atoms with van der Waals surface area (Å²) in [5.74, 6) is 0.504. The van der Waals surface area contributed by atoms with Crippen LogP contribution in [-0.4, -0.2) is 41.0 Å². The number of benzene rings is 1. The highest BCUT2D eigenvalue weighted by Crippen LogP contribution is 2.12. The number of nitrogens with zero attached hydrogens (tertiary/aromatic N) is 2. The van der Waals surface area contributed by atoms with Crippen LogP contribution in [0.3, 0.4) is 0 Å². The van der Waals surface area contributed by atoms with Crippen LogP contribution in [0.1, 0.15) is 20.3 Å². The van der Waals surface area contributed by atoms with Gasteiger partial charge in [0.25, 0.3) is 5.56 Å². The standard InChI is InChI=1S/C15H23N5O/c1-10(2)20(3)8-4-7-17-15-18-13-6-5-11(16)9-12(13)14(21)19-15/h5-6,9-10H,4,7-8,16H2,1-3H3,(H2,17,18,19,21). The average Bonchev–Trinajstić information content (AvgIpc) is 2.44. The molecule has 4 N–H and O–H groups in total. The summed E-state index contributed by atoms with van der Waals surface area (Å²) < 4.78 is 0. The molecule has 0 atom stereocenters. The summed E-state index contributed by atoms with van der Waals surface area (Å²) >= 11 is 0. The molecule has 6 heteroatoms. The van der Waals surface area contributed by atoms with Crippen LogP contribution in [0.15, 0.2) is 23.0 Å². The molecule has 0 saturated heterocycles. The van der Waals surface area contributed by atoms with E-state index in [1.165, 1.54) is 0 Å². The van der Waals surface area contributed by atoms with Crippen molar-refractivity contribution in [3.63, 3.8) is 0 Å². The van der Waals surface area contributed by atoms with Crippen molar-refractivity contribution >= 4 is 22.5 Å². The van der Waals surface area contributed by atoms with Gasteiger partial charge in [-0.1, -0.05) is 0 Å². The van der Waals surface area contributed by atoms with Crippen molar-refractivity contribution in [2.75, 3.05) is 31.2 Å². The Kier molecular flexibility index (Phi) is 4.80. The van der Waals surface area contributed by atoms with Gasteiger partial charge in [-0.3, -0.25) is 9.78 Å². The minimum Gasteiger partial charge on any atom is -0.399 e. The van der Waals surface area contributed by atoms with E-state index < -0.39 is 0 Å². The molecule has 1 aromatic carbocycles. The minimum atomic E-state index is -0.172. The third-order valence-corrected chi connectivity index (χ3v) is 3.59. The first-order valence-corrected chi connectivity index (χ1v) is 7.21. The SMILES string of the molecule is CC(C)N(C)CCCNc1nc2ccc(N)cc2c(=O)[nH]1. The molecule has 0 radical (unpaired) electrons. The summed E-state index contributed by atoms with van der Waals surface area (Å²) in [5, 5.41) is 3.68. The largest absolute Gasteiger partial charge is 0.399 e. The predicted molar refractivity (Wildman–Crippen MR) is 87.6 cm³/mol. The van der Waals surface area contributed by atoms with Gasteiger partial charge in [0.1, 0.15) is 0 Å². The number of aromatic nitrogens is 2. The first-order chi connectivity index (χ1) is 9.97. The molecule has 0 unspecified atom stereocenters. The number of aromatic amines is 1. The molecule has 1 aromatic heterocycles. The van der Waals surface area contributed by atoms with Crippen LogP contribution in [0.5, 0.6) is 0 Å². The van der Waals surface area contributed by atoms with Gasteiger partial charge in [-0.05, 0) is 52.1 Å². The number of fused-ring (bicyclic) bond motifs is 1. The molecule has 6 nitrogen and oxygen atoms in total. The number of nitrogen functional groups attached to an aromatic ring is 1. The minimum absolute atomic E-state index is 0.172. The summed E-state index contributed by atoms with van der Waals surface area (Å²) in [5.41, 5.74) is 6.72. The van der Waals surface area contributed by atoms with Crippen molar-refractivity contribution < 1.29 is 0 Å². The quantitative estimate of drug-likeness (QED) is 0.556. The fourth-order valence-corrected chi connectivity index (χ4v) is 2.03. The Morgan fingerprint density at radius 2 is 2.19 bits per heavy atom. The zero-order chi connectivity index (χ0) is 15.4. The lowest BCUT2D eigenvalue weighted by Gasteiger charge is -2.20. The maximum Gasteiger partial charge on any atom is 0.260 e. The molecule has 0 fully saturated rings. The smallest absolute Gasteiger partial charge is 0.260 e. The van der Waals surface area contributed by atoms with E-state index in [0.717, 1.165) is 19.5 Å². The van der Waals surface area contributed by atoms with Crippen LogP contribution in [0.4, 0.5) is 11.6 Å². The monoisotopic (exact) mass is 289 g/mol. The molecule has 2 aromatic rings. The second-order valence-corrected chi connectivity index (χ2v) is 5.55. The van der Waals surface area contributed by atoms with Crippen LogP contribution in [0.2, 0.25) is 0 Å².